The third kappa shape index (κ3) is 2.36. The minimum Gasteiger partial charge on any atom is -0.497 e. The van der Waals surface area contributed by atoms with E-state index in [1.807, 2.05) is 21.9 Å². The Hall–Kier alpha value is -2.30. The van der Waals surface area contributed by atoms with Crippen LogP contribution in [0.25, 0.3) is 0 Å². The summed E-state index contributed by atoms with van der Waals surface area (Å²) in [5, 5.41) is 0. The standard InChI is InChI=1S/C17H20N2O3/c1-3-8-18-14-7-9-19(15(14)11-16(18)20)17(21)12-5-4-6-13(10-12)22-2/h3-6,10,14-15H,1,7-9,11H2,2H3/t14-,15+/m1/s1. The molecule has 0 bridgehead atoms. The summed E-state index contributed by atoms with van der Waals surface area (Å²) in [4.78, 5) is 28.5. The van der Waals surface area contributed by atoms with Crippen LogP contribution in [0.2, 0.25) is 0 Å². The zero-order valence-electron chi connectivity index (χ0n) is 12.7. The summed E-state index contributed by atoms with van der Waals surface area (Å²) in [5.41, 5.74) is 0.606. The Kier molecular flexibility index (Phi) is 3.88. The Morgan fingerprint density at radius 1 is 1.45 bits per heavy atom. The number of carbonyl (C=O) groups is 2. The van der Waals surface area contributed by atoms with Gasteiger partial charge in [-0.05, 0) is 24.6 Å². The fourth-order valence-corrected chi connectivity index (χ4v) is 3.48. The van der Waals surface area contributed by atoms with Crippen LogP contribution in [-0.4, -0.2) is 53.9 Å². The Morgan fingerprint density at radius 2 is 2.27 bits per heavy atom. The number of amides is 2. The van der Waals surface area contributed by atoms with Crippen molar-refractivity contribution in [3.05, 3.63) is 42.5 Å². The van der Waals surface area contributed by atoms with Crippen molar-refractivity contribution < 1.29 is 14.3 Å². The van der Waals surface area contributed by atoms with Gasteiger partial charge >= 0.3 is 0 Å². The molecular formula is C17H20N2O3. The number of nitrogens with zero attached hydrogens (tertiary/aromatic N) is 2. The van der Waals surface area contributed by atoms with Gasteiger partial charge in [-0.25, -0.2) is 0 Å². The quantitative estimate of drug-likeness (QED) is 0.795. The maximum atomic E-state index is 12.7. The molecule has 5 nitrogen and oxygen atoms in total. The van der Waals surface area contributed by atoms with Gasteiger partial charge in [-0.2, -0.15) is 0 Å². The van der Waals surface area contributed by atoms with Crippen LogP contribution in [0.1, 0.15) is 23.2 Å². The van der Waals surface area contributed by atoms with Crippen LogP contribution in [0, 0.1) is 0 Å². The van der Waals surface area contributed by atoms with Crippen molar-refractivity contribution in [2.45, 2.75) is 24.9 Å². The minimum absolute atomic E-state index is 0.0221. The number of carbonyl (C=O) groups excluding carboxylic acids is 2. The topological polar surface area (TPSA) is 49.9 Å². The van der Waals surface area contributed by atoms with Crippen molar-refractivity contribution in [3.63, 3.8) is 0 Å². The number of likely N-dealkylation sites (tertiary alicyclic amines) is 2. The molecule has 2 aliphatic rings. The zero-order chi connectivity index (χ0) is 15.7. The van der Waals surface area contributed by atoms with E-state index < -0.39 is 0 Å². The lowest BCUT2D eigenvalue weighted by molar-refractivity contribution is -0.128. The maximum absolute atomic E-state index is 12.7. The molecule has 0 aliphatic carbocycles. The number of fused-ring (bicyclic) bond motifs is 1. The molecular weight excluding hydrogens is 280 g/mol. The average molecular weight is 300 g/mol. The predicted molar refractivity (Wildman–Crippen MR) is 82.8 cm³/mol. The Morgan fingerprint density at radius 3 is 3.00 bits per heavy atom. The van der Waals surface area contributed by atoms with E-state index in [9.17, 15) is 9.59 Å². The van der Waals surface area contributed by atoms with E-state index in [2.05, 4.69) is 6.58 Å². The highest BCUT2D eigenvalue weighted by Crippen LogP contribution is 2.33. The molecule has 2 atom stereocenters. The monoisotopic (exact) mass is 300 g/mol. The van der Waals surface area contributed by atoms with Crippen LogP contribution in [0.3, 0.4) is 0 Å². The highest BCUT2D eigenvalue weighted by atomic mass is 16.5. The number of benzene rings is 1. The van der Waals surface area contributed by atoms with Gasteiger partial charge in [0.15, 0.2) is 0 Å². The van der Waals surface area contributed by atoms with Gasteiger partial charge < -0.3 is 14.5 Å². The third-order valence-electron chi connectivity index (χ3n) is 4.52. The van der Waals surface area contributed by atoms with Crippen LogP contribution in [0.4, 0.5) is 0 Å². The second kappa shape index (κ2) is 5.83. The summed E-state index contributed by atoms with van der Waals surface area (Å²) >= 11 is 0. The molecule has 1 aromatic rings. The van der Waals surface area contributed by atoms with E-state index in [0.29, 0.717) is 30.8 Å². The third-order valence-corrected chi connectivity index (χ3v) is 4.52. The molecule has 3 rings (SSSR count). The van der Waals surface area contributed by atoms with Gasteiger partial charge in [0.25, 0.3) is 5.91 Å². The van der Waals surface area contributed by atoms with Gasteiger partial charge in [0, 0.05) is 25.1 Å². The first-order chi connectivity index (χ1) is 10.7. The fraction of sp³-hybridized carbons (Fsp3) is 0.412. The number of hydrogen-bond acceptors (Lipinski definition) is 3. The molecule has 0 radical (unpaired) electrons. The molecule has 0 aromatic heterocycles. The molecule has 22 heavy (non-hydrogen) atoms. The number of ether oxygens (including phenoxy) is 1. The van der Waals surface area contributed by atoms with E-state index in [0.717, 1.165) is 6.42 Å². The summed E-state index contributed by atoms with van der Waals surface area (Å²) in [5.74, 6) is 0.745. The van der Waals surface area contributed by atoms with Crippen molar-refractivity contribution in [1.82, 2.24) is 9.80 Å². The highest BCUT2D eigenvalue weighted by molar-refractivity contribution is 5.96. The molecule has 2 heterocycles. The van der Waals surface area contributed by atoms with E-state index in [1.165, 1.54) is 0 Å². The largest absolute Gasteiger partial charge is 0.497 e. The smallest absolute Gasteiger partial charge is 0.254 e. The van der Waals surface area contributed by atoms with Crippen LogP contribution in [0.15, 0.2) is 36.9 Å². The first kappa shape index (κ1) is 14.6. The molecule has 0 N–H and O–H groups in total. The lowest BCUT2D eigenvalue weighted by Gasteiger charge is -2.24. The van der Waals surface area contributed by atoms with Crippen molar-refractivity contribution >= 4 is 11.8 Å². The van der Waals surface area contributed by atoms with Crippen LogP contribution in [-0.2, 0) is 4.79 Å². The summed E-state index contributed by atoms with van der Waals surface area (Å²) in [6.07, 6.45) is 2.99. The summed E-state index contributed by atoms with van der Waals surface area (Å²) in [6, 6.07) is 7.26. The Bertz CT molecular complexity index is 614. The van der Waals surface area contributed by atoms with Gasteiger partial charge in [0.05, 0.1) is 19.2 Å². The first-order valence-corrected chi connectivity index (χ1v) is 7.51. The molecule has 0 unspecified atom stereocenters. The number of methoxy groups -OCH3 is 1. The number of hydrogen-bond donors (Lipinski definition) is 0. The van der Waals surface area contributed by atoms with Crippen LogP contribution in [0.5, 0.6) is 5.75 Å². The van der Waals surface area contributed by atoms with E-state index in [4.69, 9.17) is 4.74 Å². The van der Waals surface area contributed by atoms with Gasteiger partial charge in [0.1, 0.15) is 5.75 Å². The fourth-order valence-electron chi connectivity index (χ4n) is 3.48. The van der Waals surface area contributed by atoms with E-state index in [1.54, 1.807) is 25.3 Å². The summed E-state index contributed by atoms with van der Waals surface area (Å²) in [7, 11) is 1.58. The highest BCUT2D eigenvalue weighted by Gasteiger charge is 2.47. The first-order valence-electron chi connectivity index (χ1n) is 7.51. The number of rotatable bonds is 4. The lowest BCUT2D eigenvalue weighted by Crippen LogP contribution is -2.39. The second-order valence-electron chi connectivity index (χ2n) is 5.69. The summed E-state index contributed by atoms with van der Waals surface area (Å²) in [6.45, 7) is 4.95. The normalized spacial score (nSPS) is 23.6. The molecule has 2 amide bonds. The second-order valence-corrected chi connectivity index (χ2v) is 5.69. The van der Waals surface area contributed by atoms with Crippen molar-refractivity contribution in [2.75, 3.05) is 20.2 Å². The van der Waals surface area contributed by atoms with Crippen molar-refractivity contribution in [3.8, 4) is 5.75 Å². The van der Waals surface area contributed by atoms with Gasteiger partial charge in [0.2, 0.25) is 5.91 Å². The van der Waals surface area contributed by atoms with E-state index in [-0.39, 0.29) is 23.9 Å². The molecule has 2 fully saturated rings. The maximum Gasteiger partial charge on any atom is 0.254 e. The van der Waals surface area contributed by atoms with Crippen LogP contribution >= 0.6 is 0 Å². The molecule has 1 aromatic carbocycles. The van der Waals surface area contributed by atoms with Gasteiger partial charge in [-0.3, -0.25) is 9.59 Å². The minimum atomic E-state index is -0.0281. The van der Waals surface area contributed by atoms with Crippen molar-refractivity contribution in [2.24, 2.45) is 0 Å². The van der Waals surface area contributed by atoms with Crippen LogP contribution < -0.4 is 4.74 Å². The average Bonchev–Trinajstić information content (AvgIpc) is 3.07. The SMILES string of the molecule is C=CCN1C(=O)C[C@H]2[C@H]1CCN2C(=O)c1cccc(OC)c1. The van der Waals surface area contributed by atoms with Gasteiger partial charge in [-0.15, -0.1) is 6.58 Å². The lowest BCUT2D eigenvalue weighted by atomic mass is 10.1. The zero-order valence-corrected chi connectivity index (χ0v) is 12.7. The molecule has 2 aliphatic heterocycles. The molecule has 5 heteroatoms. The van der Waals surface area contributed by atoms with Gasteiger partial charge in [-0.1, -0.05) is 12.1 Å². The van der Waals surface area contributed by atoms with Crippen molar-refractivity contribution in [1.29, 1.82) is 0 Å². The predicted octanol–water partition coefficient (Wildman–Crippen LogP) is 1.70. The Labute approximate surface area is 130 Å². The van der Waals surface area contributed by atoms with E-state index >= 15 is 0 Å². The molecule has 0 spiro atoms. The molecule has 2 saturated heterocycles. The molecule has 0 saturated carbocycles. The summed E-state index contributed by atoms with van der Waals surface area (Å²) < 4.78 is 5.18. The molecule has 116 valence electrons. The Balaban J connectivity index is 1.80.